The van der Waals surface area contributed by atoms with Gasteiger partial charge in [-0.2, -0.15) is 0 Å². The highest BCUT2D eigenvalue weighted by atomic mass is 35.5. The fourth-order valence-electron chi connectivity index (χ4n) is 2.55. The van der Waals surface area contributed by atoms with Crippen molar-refractivity contribution in [2.75, 3.05) is 6.54 Å². The number of nitrogens with one attached hydrogen (secondary N) is 2. The van der Waals surface area contributed by atoms with Crippen LogP contribution in [-0.4, -0.2) is 23.3 Å². The van der Waals surface area contributed by atoms with Gasteiger partial charge in [-0.25, -0.2) is 4.39 Å². The summed E-state index contributed by atoms with van der Waals surface area (Å²) < 4.78 is 14.0. The first-order chi connectivity index (χ1) is 12.1. The highest BCUT2D eigenvalue weighted by Crippen LogP contribution is 2.12. The lowest BCUT2D eigenvalue weighted by molar-refractivity contribution is 0.0950. The van der Waals surface area contributed by atoms with Crippen molar-refractivity contribution in [1.29, 1.82) is 0 Å². The molecule has 1 amide bonds. The minimum absolute atomic E-state index is 0.251. The van der Waals surface area contributed by atoms with Crippen LogP contribution in [0.3, 0.4) is 0 Å². The summed E-state index contributed by atoms with van der Waals surface area (Å²) in [7, 11) is 0. The van der Waals surface area contributed by atoms with Gasteiger partial charge in [-0.05, 0) is 36.8 Å². The van der Waals surface area contributed by atoms with Crippen molar-refractivity contribution in [3.05, 3.63) is 64.2 Å². The monoisotopic (exact) mass is 360 g/mol. The first kappa shape index (κ1) is 17.4. The summed E-state index contributed by atoms with van der Waals surface area (Å²) in [6.45, 7) is 1.37. The SMILES string of the molecule is O=C(NCc1cc(Cl)ccn1)c1ccc(F)c(CNC2=NCCC2)c1. The molecule has 0 atom stereocenters. The smallest absolute Gasteiger partial charge is 0.251 e. The van der Waals surface area contributed by atoms with E-state index >= 15 is 0 Å². The number of halogens is 2. The zero-order valence-electron chi connectivity index (χ0n) is 13.6. The van der Waals surface area contributed by atoms with Crippen LogP contribution in [0.25, 0.3) is 0 Å². The highest BCUT2D eigenvalue weighted by molar-refractivity contribution is 6.30. The van der Waals surface area contributed by atoms with E-state index in [1.54, 1.807) is 24.4 Å². The summed E-state index contributed by atoms with van der Waals surface area (Å²) in [6.07, 6.45) is 3.48. The molecule has 1 aliphatic rings. The van der Waals surface area contributed by atoms with Crippen LogP contribution < -0.4 is 10.6 Å². The predicted octanol–water partition coefficient (Wildman–Crippen LogP) is 3.09. The Bertz CT molecular complexity index is 809. The molecule has 0 unspecified atom stereocenters. The molecular formula is C18H18ClFN4O. The number of carbonyl (C=O) groups is 1. The molecule has 5 nitrogen and oxygen atoms in total. The average molecular weight is 361 g/mol. The van der Waals surface area contributed by atoms with Gasteiger partial charge in [-0.3, -0.25) is 14.8 Å². The van der Waals surface area contributed by atoms with Crippen molar-refractivity contribution >= 4 is 23.3 Å². The van der Waals surface area contributed by atoms with Crippen molar-refractivity contribution < 1.29 is 9.18 Å². The summed E-state index contributed by atoms with van der Waals surface area (Å²) in [5, 5.41) is 6.44. The Hall–Kier alpha value is -2.47. The van der Waals surface area contributed by atoms with E-state index in [0.29, 0.717) is 28.4 Å². The number of carbonyl (C=O) groups excluding carboxylic acids is 1. The van der Waals surface area contributed by atoms with Crippen LogP contribution >= 0.6 is 11.6 Å². The molecular weight excluding hydrogens is 343 g/mol. The molecule has 0 saturated heterocycles. The number of aliphatic imine (C=N–C) groups is 1. The Morgan fingerprint density at radius 2 is 2.12 bits per heavy atom. The summed E-state index contributed by atoms with van der Waals surface area (Å²) in [5.74, 6) is 0.252. The van der Waals surface area contributed by atoms with Crippen LogP contribution in [0.1, 0.15) is 34.5 Å². The lowest BCUT2D eigenvalue weighted by Crippen LogP contribution is -2.24. The van der Waals surface area contributed by atoms with E-state index in [-0.39, 0.29) is 18.3 Å². The molecule has 130 valence electrons. The molecule has 0 spiro atoms. The molecule has 0 radical (unpaired) electrons. The Morgan fingerprint density at radius 1 is 1.24 bits per heavy atom. The molecule has 2 heterocycles. The van der Waals surface area contributed by atoms with E-state index in [4.69, 9.17) is 11.6 Å². The largest absolute Gasteiger partial charge is 0.370 e. The lowest BCUT2D eigenvalue weighted by Gasteiger charge is -2.10. The first-order valence-corrected chi connectivity index (χ1v) is 8.44. The Labute approximate surface area is 150 Å². The Morgan fingerprint density at radius 3 is 2.88 bits per heavy atom. The number of amides is 1. The first-order valence-electron chi connectivity index (χ1n) is 8.06. The topological polar surface area (TPSA) is 66.4 Å². The number of rotatable bonds is 5. The minimum atomic E-state index is -0.348. The summed E-state index contributed by atoms with van der Waals surface area (Å²) in [4.78, 5) is 20.7. The van der Waals surface area contributed by atoms with Crippen LogP contribution in [0.2, 0.25) is 5.02 Å². The number of hydrogen-bond acceptors (Lipinski definition) is 4. The molecule has 0 fully saturated rings. The molecule has 7 heteroatoms. The van der Waals surface area contributed by atoms with E-state index < -0.39 is 0 Å². The standard InChI is InChI=1S/C18H18ClFN4O/c19-14-5-7-21-15(9-14)11-24-18(25)12-3-4-16(20)13(8-12)10-23-17-2-1-6-22-17/h3-5,7-9H,1-2,6,10-11H2,(H,22,23)(H,24,25). The van der Waals surface area contributed by atoms with Gasteiger partial charge in [0.25, 0.3) is 5.91 Å². The summed E-state index contributed by atoms with van der Waals surface area (Å²) >= 11 is 5.89. The number of hydrogen-bond donors (Lipinski definition) is 2. The maximum atomic E-state index is 14.0. The van der Waals surface area contributed by atoms with E-state index in [2.05, 4.69) is 20.6 Å². The maximum Gasteiger partial charge on any atom is 0.251 e. The van der Waals surface area contributed by atoms with Gasteiger partial charge in [-0.15, -0.1) is 0 Å². The third-order valence-corrected chi connectivity index (χ3v) is 4.11. The third-order valence-electron chi connectivity index (χ3n) is 3.87. The lowest BCUT2D eigenvalue weighted by atomic mass is 10.1. The molecule has 2 aromatic rings. The van der Waals surface area contributed by atoms with Gasteiger partial charge < -0.3 is 10.6 Å². The molecule has 1 aliphatic heterocycles. The van der Waals surface area contributed by atoms with E-state index in [0.717, 1.165) is 25.2 Å². The summed E-state index contributed by atoms with van der Waals surface area (Å²) in [5.41, 5.74) is 1.49. The Balaban J connectivity index is 1.62. The van der Waals surface area contributed by atoms with Gasteiger partial charge in [0.1, 0.15) is 5.82 Å². The number of nitrogens with zero attached hydrogens (tertiary/aromatic N) is 2. The molecule has 25 heavy (non-hydrogen) atoms. The van der Waals surface area contributed by atoms with Crippen LogP contribution in [0.4, 0.5) is 4.39 Å². The summed E-state index contributed by atoms with van der Waals surface area (Å²) in [6, 6.07) is 7.68. The number of benzene rings is 1. The second-order valence-corrected chi connectivity index (χ2v) is 6.18. The quantitative estimate of drug-likeness (QED) is 0.861. The fraction of sp³-hybridized carbons (Fsp3) is 0.278. The van der Waals surface area contributed by atoms with Gasteiger partial charge in [-0.1, -0.05) is 11.6 Å². The average Bonchev–Trinajstić information content (AvgIpc) is 3.12. The third kappa shape index (κ3) is 4.76. The number of pyridine rings is 1. The van der Waals surface area contributed by atoms with Gasteiger partial charge in [0.05, 0.1) is 18.1 Å². The van der Waals surface area contributed by atoms with Crippen molar-refractivity contribution in [3.63, 3.8) is 0 Å². The van der Waals surface area contributed by atoms with E-state index in [1.807, 2.05) is 0 Å². The van der Waals surface area contributed by atoms with Crippen molar-refractivity contribution in [3.8, 4) is 0 Å². The number of aromatic nitrogens is 1. The molecule has 0 saturated carbocycles. The number of amidine groups is 1. The van der Waals surface area contributed by atoms with Gasteiger partial charge in [0.15, 0.2) is 0 Å². The van der Waals surface area contributed by atoms with E-state index in [1.165, 1.54) is 12.1 Å². The second kappa shape index (κ2) is 8.07. The Kier molecular flexibility index (Phi) is 5.60. The van der Waals surface area contributed by atoms with E-state index in [9.17, 15) is 9.18 Å². The molecule has 1 aromatic heterocycles. The van der Waals surface area contributed by atoms with Crippen molar-refractivity contribution in [2.24, 2.45) is 4.99 Å². The normalized spacial score (nSPS) is 13.4. The zero-order valence-corrected chi connectivity index (χ0v) is 14.3. The minimum Gasteiger partial charge on any atom is -0.370 e. The van der Waals surface area contributed by atoms with Crippen molar-refractivity contribution in [1.82, 2.24) is 15.6 Å². The van der Waals surface area contributed by atoms with Crippen LogP contribution in [0, 0.1) is 5.82 Å². The van der Waals surface area contributed by atoms with Crippen LogP contribution in [-0.2, 0) is 13.1 Å². The molecule has 0 bridgehead atoms. The van der Waals surface area contributed by atoms with Gasteiger partial charge in [0.2, 0.25) is 0 Å². The highest BCUT2D eigenvalue weighted by Gasteiger charge is 2.12. The fourth-order valence-corrected chi connectivity index (χ4v) is 2.73. The molecule has 3 rings (SSSR count). The van der Waals surface area contributed by atoms with Crippen LogP contribution in [0.15, 0.2) is 41.5 Å². The van der Waals surface area contributed by atoms with Crippen LogP contribution in [0.5, 0.6) is 0 Å². The second-order valence-electron chi connectivity index (χ2n) is 5.74. The van der Waals surface area contributed by atoms with Gasteiger partial charge >= 0.3 is 0 Å². The molecule has 1 aromatic carbocycles. The molecule has 2 N–H and O–H groups in total. The maximum absolute atomic E-state index is 14.0. The predicted molar refractivity (Wildman–Crippen MR) is 95.2 cm³/mol. The zero-order chi connectivity index (χ0) is 17.6. The molecule has 0 aliphatic carbocycles. The van der Waals surface area contributed by atoms with Gasteiger partial charge in [0, 0.05) is 41.9 Å². The van der Waals surface area contributed by atoms with Crippen molar-refractivity contribution in [2.45, 2.75) is 25.9 Å².